The zero-order chi connectivity index (χ0) is 12.1. The first-order valence-electron chi connectivity index (χ1n) is 4.88. The summed E-state index contributed by atoms with van der Waals surface area (Å²) in [6.07, 6.45) is 0.656. The van der Waals surface area contributed by atoms with Crippen molar-refractivity contribution in [3.05, 3.63) is 34.1 Å². The molecule has 0 radical (unpaired) electrons. The van der Waals surface area contributed by atoms with Crippen molar-refractivity contribution < 1.29 is 9.18 Å². The Morgan fingerprint density at radius 2 is 2.31 bits per heavy atom. The molecule has 0 aliphatic carbocycles. The summed E-state index contributed by atoms with van der Waals surface area (Å²) in [5.41, 5.74) is 0.0385. The van der Waals surface area contributed by atoms with Gasteiger partial charge in [0.05, 0.1) is 10.0 Å². The lowest BCUT2D eigenvalue weighted by Gasteiger charge is -2.07. The minimum Gasteiger partial charge on any atom is -0.352 e. The van der Waals surface area contributed by atoms with Crippen LogP contribution in [0.5, 0.6) is 0 Å². The smallest absolute Gasteiger partial charge is 0.254 e. The molecule has 1 rings (SSSR count). The maximum absolute atomic E-state index is 13.5. The molecule has 0 aromatic heterocycles. The van der Waals surface area contributed by atoms with Crippen LogP contribution in [0.1, 0.15) is 23.7 Å². The fourth-order valence-corrected chi connectivity index (χ4v) is 1.63. The predicted molar refractivity (Wildman–Crippen MR) is 66.4 cm³/mol. The lowest BCUT2D eigenvalue weighted by atomic mass is 10.2. The summed E-state index contributed by atoms with van der Waals surface area (Å²) in [6.45, 7) is 2.28. The van der Waals surface area contributed by atoms with Crippen molar-refractivity contribution in [1.82, 2.24) is 5.32 Å². The van der Waals surface area contributed by atoms with Gasteiger partial charge in [0.1, 0.15) is 5.82 Å². The van der Waals surface area contributed by atoms with Crippen molar-refractivity contribution in [2.24, 2.45) is 0 Å². The zero-order valence-electron chi connectivity index (χ0n) is 8.77. The highest BCUT2D eigenvalue weighted by Crippen LogP contribution is 2.18. The highest BCUT2D eigenvalue weighted by Gasteiger charge is 2.13. The largest absolute Gasteiger partial charge is 0.352 e. The van der Waals surface area contributed by atoms with Crippen molar-refractivity contribution in [1.29, 1.82) is 0 Å². The van der Waals surface area contributed by atoms with Crippen LogP contribution < -0.4 is 5.32 Å². The Kier molecular flexibility index (Phi) is 5.22. The molecule has 0 spiro atoms. The summed E-state index contributed by atoms with van der Waals surface area (Å²) in [5, 5.41) is 2.61. The molecule has 0 saturated heterocycles. The first-order chi connectivity index (χ1) is 7.52. The molecule has 16 heavy (non-hydrogen) atoms. The van der Waals surface area contributed by atoms with Crippen LogP contribution in [-0.4, -0.2) is 17.8 Å². The van der Waals surface area contributed by atoms with Gasteiger partial charge in [0, 0.05) is 11.9 Å². The van der Waals surface area contributed by atoms with Gasteiger partial charge in [0.15, 0.2) is 0 Å². The van der Waals surface area contributed by atoms with Crippen molar-refractivity contribution >= 4 is 33.4 Å². The van der Waals surface area contributed by atoms with Crippen LogP contribution in [0.15, 0.2) is 22.7 Å². The zero-order valence-corrected chi connectivity index (χ0v) is 11.1. The Hall–Kier alpha value is -0.610. The maximum atomic E-state index is 13.5. The fraction of sp³-hybridized carbons (Fsp3) is 0.364. The molecule has 1 N–H and O–H groups in total. The quantitative estimate of drug-likeness (QED) is 0.849. The molecule has 1 aromatic rings. The minimum absolute atomic E-state index is 0.00680. The number of hydrogen-bond donors (Lipinski definition) is 1. The second-order valence-electron chi connectivity index (χ2n) is 3.43. The first kappa shape index (κ1) is 13.5. The van der Waals surface area contributed by atoms with E-state index in [1.165, 1.54) is 6.07 Å². The third kappa shape index (κ3) is 3.76. The number of hydrogen-bond acceptors (Lipinski definition) is 1. The van der Waals surface area contributed by atoms with Gasteiger partial charge in [0.25, 0.3) is 5.91 Å². The minimum atomic E-state index is -0.543. The molecule has 88 valence electrons. The molecule has 0 fully saturated rings. The van der Waals surface area contributed by atoms with E-state index in [0.717, 1.165) is 0 Å². The average molecular weight is 309 g/mol. The van der Waals surface area contributed by atoms with Crippen LogP contribution in [0.4, 0.5) is 4.39 Å². The fourth-order valence-electron chi connectivity index (χ4n) is 1.16. The molecular weight excluding hydrogens is 296 g/mol. The Balaban J connectivity index is 2.63. The Morgan fingerprint density at radius 1 is 1.62 bits per heavy atom. The molecule has 1 aromatic carbocycles. The van der Waals surface area contributed by atoms with Gasteiger partial charge >= 0.3 is 0 Å². The van der Waals surface area contributed by atoms with Crippen molar-refractivity contribution in [3.63, 3.8) is 0 Å². The summed E-state index contributed by atoms with van der Waals surface area (Å²) in [6, 6.07) is 4.61. The third-order valence-electron chi connectivity index (χ3n) is 2.02. The molecule has 0 aliphatic heterocycles. The van der Waals surface area contributed by atoms with Crippen molar-refractivity contribution in [2.45, 2.75) is 18.7 Å². The van der Waals surface area contributed by atoms with E-state index in [1.54, 1.807) is 12.1 Å². The molecule has 0 aliphatic rings. The van der Waals surface area contributed by atoms with Gasteiger partial charge in [-0.3, -0.25) is 4.79 Å². The molecule has 1 atom stereocenters. The molecule has 1 amide bonds. The van der Waals surface area contributed by atoms with E-state index in [1.807, 2.05) is 6.92 Å². The van der Waals surface area contributed by atoms with Crippen LogP contribution in [0, 0.1) is 5.82 Å². The number of benzene rings is 1. The van der Waals surface area contributed by atoms with E-state index < -0.39 is 11.7 Å². The van der Waals surface area contributed by atoms with Gasteiger partial charge in [-0.05, 0) is 41.4 Å². The number of halogens is 3. The predicted octanol–water partition coefficient (Wildman–Crippen LogP) is 3.34. The molecule has 5 heteroatoms. The third-order valence-corrected chi connectivity index (χ3v) is 2.85. The van der Waals surface area contributed by atoms with Gasteiger partial charge in [0.2, 0.25) is 0 Å². The van der Waals surface area contributed by atoms with E-state index in [0.29, 0.717) is 13.0 Å². The highest BCUT2D eigenvalue weighted by molar-refractivity contribution is 9.10. The van der Waals surface area contributed by atoms with E-state index in [2.05, 4.69) is 21.2 Å². The lowest BCUT2D eigenvalue weighted by Crippen LogP contribution is -2.26. The van der Waals surface area contributed by atoms with E-state index in [-0.39, 0.29) is 15.4 Å². The first-order valence-corrected chi connectivity index (χ1v) is 6.11. The van der Waals surface area contributed by atoms with Gasteiger partial charge in [-0.25, -0.2) is 4.39 Å². The summed E-state index contributed by atoms with van der Waals surface area (Å²) in [5.74, 6) is -0.963. The molecular formula is C11H12BrClFNO. The Morgan fingerprint density at radius 3 is 2.94 bits per heavy atom. The Labute approximate surface area is 107 Å². The summed E-state index contributed by atoms with van der Waals surface area (Å²) < 4.78 is 13.8. The number of rotatable bonds is 4. The molecule has 2 nitrogen and oxygen atoms in total. The van der Waals surface area contributed by atoms with E-state index in [4.69, 9.17) is 11.6 Å². The maximum Gasteiger partial charge on any atom is 0.254 e. The van der Waals surface area contributed by atoms with E-state index >= 15 is 0 Å². The van der Waals surface area contributed by atoms with Gasteiger partial charge in [-0.1, -0.05) is 6.07 Å². The average Bonchev–Trinajstić information content (AvgIpc) is 2.21. The molecule has 1 unspecified atom stereocenters. The monoisotopic (exact) mass is 307 g/mol. The SMILES string of the molecule is CC(Cl)CCNC(=O)c1cccc(Br)c1F. The number of nitrogens with one attached hydrogen (secondary N) is 1. The number of alkyl halides is 1. The molecule has 0 saturated carbocycles. The van der Waals surface area contributed by atoms with Crippen molar-refractivity contribution in [3.8, 4) is 0 Å². The van der Waals surface area contributed by atoms with E-state index in [9.17, 15) is 9.18 Å². The highest BCUT2D eigenvalue weighted by atomic mass is 79.9. The standard InChI is InChI=1S/C11H12BrClFNO/c1-7(13)5-6-15-11(16)8-3-2-4-9(12)10(8)14/h2-4,7H,5-6H2,1H3,(H,15,16). The van der Waals surface area contributed by atoms with Crippen LogP contribution in [-0.2, 0) is 0 Å². The number of amides is 1. The Bertz CT molecular complexity index is 384. The number of carbonyl (C=O) groups is 1. The van der Waals surface area contributed by atoms with Crippen molar-refractivity contribution in [2.75, 3.05) is 6.54 Å². The molecule has 0 heterocycles. The van der Waals surface area contributed by atoms with Crippen LogP contribution >= 0.6 is 27.5 Å². The molecule has 0 bridgehead atoms. The van der Waals surface area contributed by atoms with Gasteiger partial charge < -0.3 is 5.32 Å². The topological polar surface area (TPSA) is 29.1 Å². The summed E-state index contributed by atoms with van der Waals surface area (Å²) in [7, 11) is 0. The normalized spacial score (nSPS) is 12.2. The lowest BCUT2D eigenvalue weighted by molar-refractivity contribution is 0.0949. The summed E-state index contributed by atoms with van der Waals surface area (Å²) in [4.78, 5) is 11.6. The second kappa shape index (κ2) is 6.21. The summed E-state index contributed by atoms with van der Waals surface area (Å²) >= 11 is 8.76. The number of carbonyl (C=O) groups excluding carboxylic acids is 1. The second-order valence-corrected chi connectivity index (χ2v) is 5.03. The van der Waals surface area contributed by atoms with Gasteiger partial charge in [-0.2, -0.15) is 0 Å². The van der Waals surface area contributed by atoms with Crippen LogP contribution in [0.2, 0.25) is 0 Å². The van der Waals surface area contributed by atoms with Crippen LogP contribution in [0.3, 0.4) is 0 Å². The van der Waals surface area contributed by atoms with Crippen LogP contribution in [0.25, 0.3) is 0 Å². The van der Waals surface area contributed by atoms with Gasteiger partial charge in [-0.15, -0.1) is 11.6 Å².